The van der Waals surface area contributed by atoms with Gasteiger partial charge in [0.05, 0.1) is 12.7 Å². The van der Waals surface area contributed by atoms with Gasteiger partial charge in [-0.05, 0) is 30.9 Å². The summed E-state index contributed by atoms with van der Waals surface area (Å²) in [4.78, 5) is 2.53. The van der Waals surface area contributed by atoms with Gasteiger partial charge in [-0.25, -0.2) is 0 Å². The number of methoxy groups -OCH3 is 1. The van der Waals surface area contributed by atoms with Gasteiger partial charge in [-0.15, -0.1) is 0 Å². The van der Waals surface area contributed by atoms with E-state index in [9.17, 15) is 5.11 Å². The summed E-state index contributed by atoms with van der Waals surface area (Å²) in [6.07, 6.45) is 9.66. The Labute approximate surface area is 168 Å². The van der Waals surface area contributed by atoms with Crippen LogP contribution in [0.4, 0.5) is 0 Å². The number of fused-ring (bicyclic) bond motifs is 1. The van der Waals surface area contributed by atoms with Gasteiger partial charge in [0.15, 0.2) is 0 Å². The highest BCUT2D eigenvalue weighted by Gasteiger charge is 2.49. The molecule has 0 radical (unpaired) electrons. The van der Waals surface area contributed by atoms with E-state index in [4.69, 9.17) is 4.74 Å². The third kappa shape index (κ3) is 3.87. The molecule has 2 aliphatic rings. The van der Waals surface area contributed by atoms with Gasteiger partial charge in [0.25, 0.3) is 0 Å². The average molecular weight is 378 g/mol. The molecular formula is C25H31NO2. The lowest BCUT2D eigenvalue weighted by Gasteiger charge is -2.52. The normalized spacial score (nSPS) is 28.2. The summed E-state index contributed by atoms with van der Waals surface area (Å²) >= 11 is 0. The highest BCUT2D eigenvalue weighted by Crippen LogP contribution is 2.50. The quantitative estimate of drug-likeness (QED) is 0.789. The van der Waals surface area contributed by atoms with Crippen molar-refractivity contribution in [2.24, 2.45) is 5.92 Å². The Bertz CT molecular complexity index is 803. The molecule has 2 fully saturated rings. The average Bonchev–Trinajstić information content (AvgIpc) is 2.74. The fraction of sp³-hybridized carbons (Fsp3) is 0.440. The molecule has 0 unspecified atom stereocenters. The second-order valence-corrected chi connectivity index (χ2v) is 8.20. The van der Waals surface area contributed by atoms with Crippen molar-refractivity contribution in [3.8, 4) is 5.75 Å². The van der Waals surface area contributed by atoms with E-state index in [1.165, 1.54) is 17.5 Å². The fourth-order valence-corrected chi connectivity index (χ4v) is 5.16. The standard InChI is InChI=1S/C25H31NO2/c1-28-23-15-6-5-13-21(23)24-22-14-7-8-16-25(22,27)17-19-26(24)18-9-12-20-10-3-2-4-11-20/h2-6,9-13,15,22,24,27H,7-8,14,16-19H2,1H3/b12-9+/t22-,24+,25+/m1/s1. The molecular weight excluding hydrogens is 346 g/mol. The van der Waals surface area contributed by atoms with E-state index in [1.54, 1.807) is 7.11 Å². The largest absolute Gasteiger partial charge is 0.496 e. The highest BCUT2D eigenvalue weighted by atomic mass is 16.5. The Balaban J connectivity index is 1.63. The maximum atomic E-state index is 11.4. The van der Waals surface area contributed by atoms with Crippen LogP contribution in [0.3, 0.4) is 0 Å². The molecule has 1 saturated carbocycles. The second kappa shape index (κ2) is 8.50. The SMILES string of the molecule is COc1ccccc1[C@H]1[C@H]2CCCC[C@]2(O)CCN1C/C=C/c1ccccc1. The van der Waals surface area contributed by atoms with Crippen molar-refractivity contribution in [2.45, 2.75) is 43.7 Å². The predicted octanol–water partition coefficient (Wildman–Crippen LogP) is 5.08. The number of ether oxygens (including phenoxy) is 1. The Morgan fingerprint density at radius 3 is 2.68 bits per heavy atom. The molecule has 0 amide bonds. The number of aliphatic hydroxyl groups is 1. The lowest BCUT2D eigenvalue weighted by molar-refractivity contribution is -0.122. The number of piperidine rings is 1. The monoisotopic (exact) mass is 377 g/mol. The molecule has 0 spiro atoms. The molecule has 4 rings (SSSR count). The molecule has 2 aromatic carbocycles. The van der Waals surface area contributed by atoms with Gasteiger partial charge in [0, 0.05) is 30.6 Å². The molecule has 1 aliphatic carbocycles. The van der Waals surface area contributed by atoms with Gasteiger partial charge in [0.1, 0.15) is 5.75 Å². The van der Waals surface area contributed by atoms with Gasteiger partial charge in [0.2, 0.25) is 0 Å². The van der Waals surface area contributed by atoms with Crippen LogP contribution in [-0.4, -0.2) is 35.8 Å². The summed E-state index contributed by atoms with van der Waals surface area (Å²) in [6, 6.07) is 19.0. The number of likely N-dealkylation sites (tertiary alicyclic amines) is 1. The summed E-state index contributed by atoms with van der Waals surface area (Å²) in [5, 5.41) is 11.4. The Morgan fingerprint density at radius 2 is 1.86 bits per heavy atom. The third-order valence-electron chi connectivity index (χ3n) is 6.58. The molecule has 3 heteroatoms. The first-order valence-electron chi connectivity index (χ1n) is 10.5. The van der Waals surface area contributed by atoms with Gasteiger partial charge in [-0.1, -0.05) is 73.5 Å². The van der Waals surface area contributed by atoms with E-state index in [2.05, 4.69) is 53.5 Å². The lowest BCUT2D eigenvalue weighted by atomic mass is 9.66. The summed E-state index contributed by atoms with van der Waals surface area (Å²) < 4.78 is 5.71. The third-order valence-corrected chi connectivity index (χ3v) is 6.58. The molecule has 1 saturated heterocycles. The van der Waals surface area contributed by atoms with E-state index in [1.807, 2.05) is 18.2 Å². The van der Waals surface area contributed by atoms with Gasteiger partial charge >= 0.3 is 0 Å². The molecule has 0 aromatic heterocycles. The molecule has 0 bridgehead atoms. The van der Waals surface area contributed by atoms with Crippen molar-refractivity contribution in [3.63, 3.8) is 0 Å². The molecule has 148 valence electrons. The number of nitrogens with zero attached hydrogens (tertiary/aromatic N) is 1. The van der Waals surface area contributed by atoms with Crippen LogP contribution in [0, 0.1) is 5.92 Å². The van der Waals surface area contributed by atoms with Crippen LogP contribution in [0.2, 0.25) is 0 Å². The van der Waals surface area contributed by atoms with E-state index >= 15 is 0 Å². The van der Waals surface area contributed by atoms with E-state index in [-0.39, 0.29) is 12.0 Å². The maximum absolute atomic E-state index is 11.4. The van der Waals surface area contributed by atoms with E-state index < -0.39 is 5.60 Å². The van der Waals surface area contributed by atoms with Crippen molar-refractivity contribution in [2.75, 3.05) is 20.2 Å². The smallest absolute Gasteiger partial charge is 0.123 e. The van der Waals surface area contributed by atoms with Crippen LogP contribution in [0.25, 0.3) is 6.08 Å². The first kappa shape index (κ1) is 19.2. The van der Waals surface area contributed by atoms with Crippen molar-refractivity contribution in [1.29, 1.82) is 0 Å². The van der Waals surface area contributed by atoms with Crippen LogP contribution in [-0.2, 0) is 0 Å². The summed E-state index contributed by atoms with van der Waals surface area (Å²) in [6.45, 7) is 1.79. The van der Waals surface area contributed by atoms with Crippen LogP contribution >= 0.6 is 0 Å². The molecule has 28 heavy (non-hydrogen) atoms. The minimum Gasteiger partial charge on any atom is -0.496 e. The maximum Gasteiger partial charge on any atom is 0.123 e. The Kier molecular flexibility index (Phi) is 5.84. The first-order valence-corrected chi connectivity index (χ1v) is 10.5. The van der Waals surface area contributed by atoms with Gasteiger partial charge in [-0.2, -0.15) is 0 Å². The summed E-state index contributed by atoms with van der Waals surface area (Å²) in [7, 11) is 1.74. The number of rotatable bonds is 5. The van der Waals surface area contributed by atoms with Crippen LogP contribution in [0.1, 0.15) is 49.3 Å². The molecule has 2 aromatic rings. The summed E-state index contributed by atoms with van der Waals surface area (Å²) in [5.74, 6) is 1.19. The zero-order valence-electron chi connectivity index (χ0n) is 16.8. The molecule has 3 nitrogen and oxygen atoms in total. The Hall–Kier alpha value is -2.10. The van der Waals surface area contributed by atoms with Crippen LogP contribution in [0.5, 0.6) is 5.75 Å². The minimum atomic E-state index is -0.538. The zero-order chi connectivity index (χ0) is 19.4. The molecule has 1 heterocycles. The topological polar surface area (TPSA) is 32.7 Å². The fourth-order valence-electron chi connectivity index (χ4n) is 5.16. The van der Waals surface area contributed by atoms with Crippen molar-refractivity contribution in [3.05, 3.63) is 71.8 Å². The molecule has 3 atom stereocenters. The zero-order valence-corrected chi connectivity index (χ0v) is 16.8. The number of hydrogen-bond acceptors (Lipinski definition) is 3. The van der Waals surface area contributed by atoms with Gasteiger partial charge < -0.3 is 9.84 Å². The van der Waals surface area contributed by atoms with Crippen molar-refractivity contribution < 1.29 is 9.84 Å². The molecule has 1 aliphatic heterocycles. The minimum absolute atomic E-state index is 0.190. The van der Waals surface area contributed by atoms with Crippen molar-refractivity contribution in [1.82, 2.24) is 4.90 Å². The van der Waals surface area contributed by atoms with E-state index in [0.717, 1.165) is 44.5 Å². The van der Waals surface area contributed by atoms with E-state index in [0.29, 0.717) is 0 Å². The molecule has 1 N–H and O–H groups in total. The summed E-state index contributed by atoms with van der Waals surface area (Å²) in [5.41, 5.74) is 1.90. The lowest BCUT2D eigenvalue weighted by Crippen LogP contribution is -2.54. The van der Waals surface area contributed by atoms with Gasteiger partial charge in [-0.3, -0.25) is 4.90 Å². The van der Waals surface area contributed by atoms with Crippen LogP contribution < -0.4 is 4.74 Å². The second-order valence-electron chi connectivity index (χ2n) is 8.20. The number of benzene rings is 2. The Morgan fingerprint density at radius 1 is 1.07 bits per heavy atom. The number of hydrogen-bond donors (Lipinski definition) is 1. The number of para-hydroxylation sites is 1. The first-order chi connectivity index (χ1) is 13.7. The van der Waals surface area contributed by atoms with Crippen molar-refractivity contribution >= 4 is 6.08 Å². The van der Waals surface area contributed by atoms with Crippen LogP contribution in [0.15, 0.2) is 60.7 Å². The highest BCUT2D eigenvalue weighted by molar-refractivity contribution is 5.49. The predicted molar refractivity (Wildman–Crippen MR) is 114 cm³/mol.